The molecule has 1 amide bonds. The molecule has 3 aliphatic heterocycles. The Bertz CT molecular complexity index is 457. The van der Waals surface area contributed by atoms with Gasteiger partial charge < -0.3 is 4.90 Å². The van der Waals surface area contributed by atoms with Crippen LogP contribution in [0.5, 0.6) is 0 Å². The molecule has 0 N–H and O–H groups in total. The van der Waals surface area contributed by atoms with Gasteiger partial charge in [-0.25, -0.2) is 0 Å². The summed E-state index contributed by atoms with van der Waals surface area (Å²) in [6.45, 7) is 9.33. The van der Waals surface area contributed by atoms with Gasteiger partial charge in [0.05, 0.1) is 6.04 Å². The quantitative estimate of drug-likeness (QED) is 0.754. The molecule has 24 heavy (non-hydrogen) atoms. The Hall–Kier alpha value is -0.860. The minimum absolute atomic E-state index is 0.219. The summed E-state index contributed by atoms with van der Waals surface area (Å²) in [7, 11) is 0. The van der Waals surface area contributed by atoms with Crippen LogP contribution in [0.25, 0.3) is 0 Å². The summed E-state index contributed by atoms with van der Waals surface area (Å²) >= 11 is 0. The van der Waals surface area contributed by atoms with Crippen LogP contribution in [0.4, 0.5) is 13.2 Å². The average Bonchev–Trinajstić information content (AvgIpc) is 2.78. The monoisotopic (exact) mass is 348 g/mol. The van der Waals surface area contributed by atoms with Crippen molar-refractivity contribution in [3.8, 4) is 0 Å². The number of amides is 1. The largest absolute Gasteiger partial charge is 0.406 e. The minimum atomic E-state index is -4.31. The number of carbonyl (C=O) groups is 1. The Kier molecular flexibility index (Phi) is 5.09. The summed E-state index contributed by atoms with van der Waals surface area (Å²) in [5.74, 6) is -0.351. The molecule has 1 atom stereocenters. The Morgan fingerprint density at radius 1 is 1.04 bits per heavy atom. The van der Waals surface area contributed by atoms with E-state index in [0.717, 1.165) is 44.2 Å². The lowest BCUT2D eigenvalue weighted by atomic mass is 10.0. The van der Waals surface area contributed by atoms with Gasteiger partial charge in [0, 0.05) is 57.9 Å². The van der Waals surface area contributed by atoms with Gasteiger partial charge in [-0.2, -0.15) is 13.2 Å². The second-order valence-electron chi connectivity index (χ2n) is 7.45. The average molecular weight is 348 g/mol. The van der Waals surface area contributed by atoms with Crippen molar-refractivity contribution in [2.24, 2.45) is 0 Å². The number of likely N-dealkylation sites (tertiary alicyclic amines) is 2. The van der Waals surface area contributed by atoms with Crippen molar-refractivity contribution < 1.29 is 18.0 Å². The van der Waals surface area contributed by atoms with Crippen molar-refractivity contribution in [2.75, 3.05) is 52.4 Å². The normalized spacial score (nSPS) is 28.8. The Morgan fingerprint density at radius 3 is 2.21 bits per heavy atom. The summed E-state index contributed by atoms with van der Waals surface area (Å²) in [4.78, 5) is 20.1. The number of carbonyl (C=O) groups excluding carboxylic acids is 1. The molecule has 3 fully saturated rings. The highest BCUT2D eigenvalue weighted by Gasteiger charge is 2.45. The molecule has 3 saturated heterocycles. The van der Waals surface area contributed by atoms with Gasteiger partial charge in [-0.3, -0.25) is 19.5 Å². The number of nitrogens with zero attached hydrogens (tertiary/aromatic N) is 4. The van der Waals surface area contributed by atoms with Crippen LogP contribution in [-0.2, 0) is 4.79 Å². The third-order valence-corrected chi connectivity index (χ3v) is 5.57. The van der Waals surface area contributed by atoms with Gasteiger partial charge in [0.1, 0.15) is 6.54 Å². The van der Waals surface area contributed by atoms with E-state index in [2.05, 4.69) is 28.5 Å². The second kappa shape index (κ2) is 6.80. The van der Waals surface area contributed by atoms with Crippen molar-refractivity contribution in [3.63, 3.8) is 0 Å². The molecule has 0 aromatic carbocycles. The van der Waals surface area contributed by atoms with Gasteiger partial charge in [-0.1, -0.05) is 0 Å². The van der Waals surface area contributed by atoms with Gasteiger partial charge in [-0.15, -0.1) is 0 Å². The molecule has 138 valence electrons. The maximum absolute atomic E-state index is 12.5. The third kappa shape index (κ3) is 3.86. The predicted octanol–water partition coefficient (Wildman–Crippen LogP) is 0.860. The Morgan fingerprint density at radius 2 is 1.67 bits per heavy atom. The van der Waals surface area contributed by atoms with Crippen LogP contribution in [0.2, 0.25) is 0 Å². The molecule has 3 aliphatic rings. The van der Waals surface area contributed by atoms with E-state index in [1.807, 2.05) is 0 Å². The number of rotatable bonds is 4. The maximum atomic E-state index is 12.5. The summed E-state index contributed by atoms with van der Waals surface area (Å²) in [5.41, 5.74) is 0. The van der Waals surface area contributed by atoms with E-state index < -0.39 is 12.7 Å². The molecule has 0 aromatic heterocycles. The van der Waals surface area contributed by atoms with Gasteiger partial charge in [-0.05, 0) is 20.3 Å². The van der Waals surface area contributed by atoms with Crippen LogP contribution in [0.3, 0.4) is 0 Å². The molecule has 3 heterocycles. The van der Waals surface area contributed by atoms with E-state index in [1.165, 1.54) is 0 Å². The first kappa shape index (κ1) is 17.9. The summed E-state index contributed by atoms with van der Waals surface area (Å²) in [6, 6.07) is 0.671. The number of hydrogen-bond acceptors (Lipinski definition) is 4. The molecule has 0 saturated carbocycles. The van der Waals surface area contributed by atoms with Crippen LogP contribution >= 0.6 is 0 Å². The molecule has 8 heteroatoms. The Labute approximate surface area is 141 Å². The van der Waals surface area contributed by atoms with Crippen molar-refractivity contribution in [1.29, 1.82) is 0 Å². The van der Waals surface area contributed by atoms with Crippen LogP contribution in [0.15, 0.2) is 0 Å². The zero-order valence-corrected chi connectivity index (χ0v) is 14.4. The van der Waals surface area contributed by atoms with Gasteiger partial charge in [0.25, 0.3) is 0 Å². The lowest BCUT2D eigenvalue weighted by molar-refractivity contribution is -0.160. The zero-order valence-electron chi connectivity index (χ0n) is 14.4. The fourth-order valence-electron chi connectivity index (χ4n) is 4.03. The zero-order chi connectivity index (χ0) is 17.5. The molecule has 0 radical (unpaired) electrons. The van der Waals surface area contributed by atoms with E-state index >= 15 is 0 Å². The highest BCUT2D eigenvalue weighted by molar-refractivity contribution is 5.84. The lowest BCUT2D eigenvalue weighted by Crippen LogP contribution is -2.66. The first-order chi connectivity index (χ1) is 11.2. The standard InChI is InChI=1S/C16H27F3N4O/c1-12(2)20-5-7-21(8-6-20)13-9-23(10-13)14-3-4-22(15(14)24)11-16(17,18)19/h12-14H,3-11H2,1-2H3. The molecule has 0 spiro atoms. The smallest absolute Gasteiger partial charge is 0.332 e. The van der Waals surface area contributed by atoms with Crippen molar-refractivity contribution in [3.05, 3.63) is 0 Å². The second-order valence-corrected chi connectivity index (χ2v) is 7.45. The van der Waals surface area contributed by atoms with Gasteiger partial charge in [0.2, 0.25) is 5.91 Å². The number of piperazine rings is 1. The van der Waals surface area contributed by atoms with Crippen LogP contribution in [0, 0.1) is 0 Å². The molecule has 0 aliphatic carbocycles. The molecular formula is C16H27F3N4O. The predicted molar refractivity (Wildman–Crippen MR) is 84.7 cm³/mol. The molecule has 0 bridgehead atoms. The van der Waals surface area contributed by atoms with E-state index in [0.29, 0.717) is 18.5 Å². The minimum Gasteiger partial charge on any atom is -0.332 e. The highest BCUT2D eigenvalue weighted by Crippen LogP contribution is 2.27. The first-order valence-corrected chi connectivity index (χ1v) is 8.82. The van der Waals surface area contributed by atoms with Gasteiger partial charge >= 0.3 is 6.18 Å². The summed E-state index contributed by atoms with van der Waals surface area (Å²) < 4.78 is 37.4. The first-order valence-electron chi connectivity index (χ1n) is 8.82. The molecule has 0 aromatic rings. The van der Waals surface area contributed by atoms with Crippen molar-refractivity contribution in [1.82, 2.24) is 19.6 Å². The van der Waals surface area contributed by atoms with E-state index in [9.17, 15) is 18.0 Å². The Balaban J connectivity index is 1.43. The third-order valence-electron chi connectivity index (χ3n) is 5.57. The lowest BCUT2D eigenvalue weighted by Gasteiger charge is -2.50. The summed E-state index contributed by atoms with van der Waals surface area (Å²) in [5, 5.41) is 0. The van der Waals surface area contributed by atoms with Gasteiger partial charge in [0.15, 0.2) is 0 Å². The SMILES string of the molecule is CC(C)N1CCN(C2CN(C3CCN(CC(F)(F)F)C3=O)C2)CC1. The topological polar surface area (TPSA) is 30.0 Å². The number of halogens is 3. The molecule has 3 rings (SSSR count). The highest BCUT2D eigenvalue weighted by atomic mass is 19.4. The van der Waals surface area contributed by atoms with Crippen LogP contribution in [-0.4, -0.2) is 102 Å². The van der Waals surface area contributed by atoms with Crippen molar-refractivity contribution in [2.45, 2.75) is 44.6 Å². The van der Waals surface area contributed by atoms with E-state index in [-0.39, 0.29) is 18.5 Å². The number of alkyl halides is 3. The molecule has 1 unspecified atom stereocenters. The van der Waals surface area contributed by atoms with Crippen LogP contribution < -0.4 is 0 Å². The fourth-order valence-corrected chi connectivity index (χ4v) is 4.03. The van der Waals surface area contributed by atoms with E-state index in [1.54, 1.807) is 0 Å². The fraction of sp³-hybridized carbons (Fsp3) is 0.938. The van der Waals surface area contributed by atoms with Crippen LogP contribution in [0.1, 0.15) is 20.3 Å². The molecular weight excluding hydrogens is 321 g/mol. The van der Waals surface area contributed by atoms with E-state index in [4.69, 9.17) is 0 Å². The number of hydrogen-bond donors (Lipinski definition) is 0. The van der Waals surface area contributed by atoms with Crippen molar-refractivity contribution >= 4 is 5.91 Å². The summed E-state index contributed by atoms with van der Waals surface area (Å²) in [6.07, 6.45) is -3.79. The molecule has 5 nitrogen and oxygen atoms in total. The maximum Gasteiger partial charge on any atom is 0.406 e.